The van der Waals surface area contributed by atoms with Gasteiger partial charge >= 0.3 is 6.36 Å². The van der Waals surface area contributed by atoms with Gasteiger partial charge in [0.05, 0.1) is 12.6 Å². The van der Waals surface area contributed by atoms with Crippen LogP contribution in [0.2, 0.25) is 0 Å². The van der Waals surface area contributed by atoms with Gasteiger partial charge in [-0.1, -0.05) is 24.3 Å². The molecule has 2 aliphatic rings. The third kappa shape index (κ3) is 3.91. The summed E-state index contributed by atoms with van der Waals surface area (Å²) in [7, 11) is 0. The minimum Gasteiger partial charge on any atom is -0.493 e. The van der Waals surface area contributed by atoms with Crippen LogP contribution in [0.4, 0.5) is 13.2 Å². The van der Waals surface area contributed by atoms with E-state index in [0.29, 0.717) is 0 Å². The molecular formula is C23H20F3NO2S. The van der Waals surface area contributed by atoms with Gasteiger partial charge in [-0.05, 0) is 58.3 Å². The SMILES string of the molecule is FC(F)(F)Oc1ccc(C2c3ccsc3CCN2Cc2ccc3c(c2)CCO3)cc1. The number of alkyl halides is 3. The summed E-state index contributed by atoms with van der Waals surface area (Å²) in [5.41, 5.74) is 4.67. The topological polar surface area (TPSA) is 21.7 Å². The van der Waals surface area contributed by atoms with Gasteiger partial charge < -0.3 is 9.47 Å². The fraction of sp³-hybridized carbons (Fsp3) is 0.304. The molecule has 0 saturated heterocycles. The van der Waals surface area contributed by atoms with Gasteiger partial charge in [0.15, 0.2) is 0 Å². The first-order chi connectivity index (χ1) is 14.5. The van der Waals surface area contributed by atoms with E-state index in [1.807, 2.05) is 6.07 Å². The fourth-order valence-corrected chi connectivity index (χ4v) is 5.26. The normalized spacial score (nSPS) is 18.6. The van der Waals surface area contributed by atoms with Crippen molar-refractivity contribution in [2.75, 3.05) is 13.2 Å². The molecule has 1 atom stereocenters. The van der Waals surface area contributed by atoms with Gasteiger partial charge in [-0.25, -0.2) is 0 Å². The molecule has 1 unspecified atom stereocenters. The third-order valence-electron chi connectivity index (χ3n) is 5.63. The molecule has 7 heteroatoms. The second kappa shape index (κ2) is 7.63. The molecule has 0 spiro atoms. The number of hydrogen-bond acceptors (Lipinski definition) is 4. The van der Waals surface area contributed by atoms with E-state index in [4.69, 9.17) is 4.74 Å². The molecule has 0 radical (unpaired) electrons. The Balaban J connectivity index is 1.44. The molecule has 0 N–H and O–H groups in total. The van der Waals surface area contributed by atoms with E-state index in [0.717, 1.165) is 43.9 Å². The van der Waals surface area contributed by atoms with Crippen molar-refractivity contribution in [1.29, 1.82) is 0 Å². The minimum atomic E-state index is -4.68. The highest BCUT2D eigenvalue weighted by atomic mass is 32.1. The standard InChI is InChI=1S/C23H20F3NO2S/c24-23(25,26)29-18-4-2-16(3-5-18)22-19-9-12-30-21(19)7-10-27(22)14-15-1-6-20-17(13-15)8-11-28-20/h1-6,9,12-13,22H,7-8,10-11,14H2. The number of hydrogen-bond donors (Lipinski definition) is 0. The number of rotatable bonds is 4. The maximum absolute atomic E-state index is 12.5. The van der Waals surface area contributed by atoms with Crippen LogP contribution in [0, 0.1) is 0 Å². The Morgan fingerprint density at radius 2 is 1.90 bits per heavy atom. The van der Waals surface area contributed by atoms with Crippen molar-refractivity contribution in [3.63, 3.8) is 0 Å². The van der Waals surface area contributed by atoms with Gasteiger partial charge in [0.25, 0.3) is 0 Å². The van der Waals surface area contributed by atoms with Gasteiger partial charge in [-0.3, -0.25) is 4.90 Å². The van der Waals surface area contributed by atoms with Crippen molar-refractivity contribution in [1.82, 2.24) is 4.90 Å². The number of thiophene rings is 1. The zero-order chi connectivity index (χ0) is 20.7. The Hall–Kier alpha value is -2.51. The van der Waals surface area contributed by atoms with Crippen LogP contribution >= 0.6 is 11.3 Å². The first-order valence-electron chi connectivity index (χ1n) is 9.87. The van der Waals surface area contributed by atoms with Crippen molar-refractivity contribution in [2.24, 2.45) is 0 Å². The molecule has 1 aromatic heterocycles. The molecule has 156 valence electrons. The highest BCUT2D eigenvalue weighted by molar-refractivity contribution is 7.10. The van der Waals surface area contributed by atoms with Crippen LogP contribution in [-0.4, -0.2) is 24.4 Å². The van der Waals surface area contributed by atoms with Gasteiger partial charge in [0.2, 0.25) is 0 Å². The van der Waals surface area contributed by atoms with Crippen molar-refractivity contribution < 1.29 is 22.6 Å². The minimum absolute atomic E-state index is 0.00411. The maximum atomic E-state index is 12.5. The number of ether oxygens (including phenoxy) is 2. The summed E-state index contributed by atoms with van der Waals surface area (Å²) >= 11 is 1.74. The quantitative estimate of drug-likeness (QED) is 0.527. The summed E-state index contributed by atoms with van der Waals surface area (Å²) in [6.45, 7) is 2.40. The summed E-state index contributed by atoms with van der Waals surface area (Å²) in [4.78, 5) is 3.74. The van der Waals surface area contributed by atoms with Crippen LogP contribution in [0.1, 0.15) is 33.2 Å². The molecule has 3 nitrogen and oxygen atoms in total. The molecule has 0 amide bonds. The van der Waals surface area contributed by atoms with E-state index in [2.05, 4.69) is 33.2 Å². The Bertz CT molecular complexity index is 1050. The lowest BCUT2D eigenvalue weighted by molar-refractivity contribution is -0.274. The summed E-state index contributed by atoms with van der Waals surface area (Å²) < 4.78 is 47.2. The molecule has 30 heavy (non-hydrogen) atoms. The molecule has 3 heterocycles. The summed E-state index contributed by atoms with van der Waals surface area (Å²) in [5, 5.41) is 2.09. The van der Waals surface area contributed by atoms with Crippen LogP contribution in [0.25, 0.3) is 0 Å². The first-order valence-corrected chi connectivity index (χ1v) is 10.7. The lowest BCUT2D eigenvalue weighted by atomic mass is 9.92. The van der Waals surface area contributed by atoms with Gasteiger partial charge in [0.1, 0.15) is 11.5 Å². The predicted molar refractivity (Wildman–Crippen MR) is 109 cm³/mol. The number of fused-ring (bicyclic) bond motifs is 2. The van der Waals surface area contributed by atoms with Gasteiger partial charge in [0, 0.05) is 24.4 Å². The molecule has 0 aliphatic carbocycles. The molecule has 2 aliphatic heterocycles. The van der Waals surface area contributed by atoms with Crippen molar-refractivity contribution in [3.05, 3.63) is 81.0 Å². The van der Waals surface area contributed by atoms with Crippen LogP contribution in [0.15, 0.2) is 53.9 Å². The van der Waals surface area contributed by atoms with Gasteiger partial charge in [-0.15, -0.1) is 24.5 Å². The van der Waals surface area contributed by atoms with Crippen LogP contribution < -0.4 is 9.47 Å². The molecular weight excluding hydrogens is 411 g/mol. The van der Waals surface area contributed by atoms with Crippen LogP contribution in [0.5, 0.6) is 11.5 Å². The maximum Gasteiger partial charge on any atom is 0.573 e. The summed E-state index contributed by atoms with van der Waals surface area (Å²) in [5.74, 6) is 0.770. The first kappa shape index (κ1) is 19.5. The second-order valence-electron chi connectivity index (χ2n) is 7.58. The van der Waals surface area contributed by atoms with E-state index < -0.39 is 6.36 Å². The Morgan fingerprint density at radius 3 is 2.70 bits per heavy atom. The monoisotopic (exact) mass is 431 g/mol. The lowest BCUT2D eigenvalue weighted by Gasteiger charge is -2.36. The van der Waals surface area contributed by atoms with Crippen molar-refractivity contribution >= 4 is 11.3 Å². The molecule has 0 bridgehead atoms. The highest BCUT2D eigenvalue weighted by Crippen LogP contribution is 2.39. The van der Waals surface area contributed by atoms with E-state index in [1.165, 1.54) is 33.7 Å². The Kier molecular flexibility index (Phi) is 4.95. The molecule has 3 aromatic rings. The third-order valence-corrected chi connectivity index (χ3v) is 6.63. The molecule has 0 fully saturated rings. The zero-order valence-electron chi connectivity index (χ0n) is 16.1. The van der Waals surface area contributed by atoms with E-state index in [9.17, 15) is 13.2 Å². The largest absolute Gasteiger partial charge is 0.573 e. The van der Waals surface area contributed by atoms with E-state index in [1.54, 1.807) is 23.5 Å². The van der Waals surface area contributed by atoms with E-state index >= 15 is 0 Å². The smallest absolute Gasteiger partial charge is 0.493 e. The predicted octanol–water partition coefficient (Wildman–Crippen LogP) is 5.73. The summed E-state index contributed by atoms with van der Waals surface area (Å²) in [6.07, 6.45) is -2.77. The van der Waals surface area contributed by atoms with Crippen molar-refractivity contribution in [2.45, 2.75) is 31.8 Å². The second-order valence-corrected chi connectivity index (χ2v) is 8.58. The Labute approximate surface area is 176 Å². The van der Waals surface area contributed by atoms with E-state index in [-0.39, 0.29) is 11.8 Å². The van der Waals surface area contributed by atoms with Gasteiger partial charge in [-0.2, -0.15) is 0 Å². The average molecular weight is 431 g/mol. The lowest BCUT2D eigenvalue weighted by Crippen LogP contribution is -2.35. The number of nitrogens with zero attached hydrogens (tertiary/aromatic N) is 1. The number of benzene rings is 2. The summed E-state index contributed by atoms with van der Waals surface area (Å²) in [6, 6.07) is 14.8. The van der Waals surface area contributed by atoms with Crippen LogP contribution in [0.3, 0.4) is 0 Å². The molecule has 2 aromatic carbocycles. The van der Waals surface area contributed by atoms with Crippen molar-refractivity contribution in [3.8, 4) is 11.5 Å². The van der Waals surface area contributed by atoms with Crippen LogP contribution in [-0.2, 0) is 19.4 Å². The number of halogens is 3. The Morgan fingerprint density at radius 1 is 1.07 bits per heavy atom. The zero-order valence-corrected chi connectivity index (χ0v) is 16.9. The average Bonchev–Trinajstić information content (AvgIpc) is 3.36. The molecule has 0 saturated carbocycles. The fourth-order valence-electron chi connectivity index (χ4n) is 4.35. The molecule has 5 rings (SSSR count). The highest BCUT2D eigenvalue weighted by Gasteiger charge is 2.32.